The molecule has 2 aliphatic heterocycles. The highest BCUT2D eigenvalue weighted by atomic mass is 16.7. The minimum Gasteiger partial charge on any atom is -0.392 e. The number of rotatable bonds is 7. The third kappa shape index (κ3) is 6.52. The molecule has 0 bridgehead atoms. The Bertz CT molecular complexity index is 901. The van der Waals surface area contributed by atoms with E-state index in [1.54, 1.807) is 0 Å². The van der Waals surface area contributed by atoms with Crippen molar-refractivity contribution in [3.63, 3.8) is 0 Å². The fourth-order valence-electron chi connectivity index (χ4n) is 4.20. The molecule has 33 heavy (non-hydrogen) atoms. The molecule has 2 aromatic rings. The molecule has 178 valence electrons. The van der Waals surface area contributed by atoms with Gasteiger partial charge in [0.15, 0.2) is 6.29 Å². The Labute approximate surface area is 194 Å². The van der Waals surface area contributed by atoms with Crippen LogP contribution in [0.15, 0.2) is 48.5 Å². The number of anilines is 1. The number of urea groups is 1. The van der Waals surface area contributed by atoms with E-state index in [2.05, 4.69) is 15.5 Å². The van der Waals surface area contributed by atoms with Crippen molar-refractivity contribution in [2.45, 2.75) is 38.4 Å². The lowest BCUT2D eigenvalue weighted by Crippen LogP contribution is -2.44. The second kappa shape index (κ2) is 11.6. The molecule has 3 atom stereocenters. The molecule has 3 unspecified atom stereocenters. The van der Waals surface area contributed by atoms with Crippen molar-refractivity contribution < 1.29 is 24.1 Å². The van der Waals surface area contributed by atoms with Crippen molar-refractivity contribution in [1.82, 2.24) is 10.2 Å². The Balaban J connectivity index is 1.53. The van der Waals surface area contributed by atoms with Crippen LogP contribution < -0.4 is 10.6 Å². The van der Waals surface area contributed by atoms with Crippen molar-refractivity contribution in [2.75, 3.05) is 44.7 Å². The third-order valence-corrected chi connectivity index (χ3v) is 5.93. The number of nitrogens with zero attached hydrogens (tertiary/aromatic N) is 1. The molecule has 8 nitrogen and oxygen atoms in total. The molecule has 3 N–H and O–H groups in total. The first kappa shape index (κ1) is 23.7. The van der Waals surface area contributed by atoms with Crippen molar-refractivity contribution in [2.24, 2.45) is 0 Å². The predicted octanol–water partition coefficient (Wildman–Crippen LogP) is 3.20. The van der Waals surface area contributed by atoms with Gasteiger partial charge in [-0.1, -0.05) is 36.4 Å². The van der Waals surface area contributed by atoms with Gasteiger partial charge in [-0.2, -0.15) is 0 Å². The fourth-order valence-corrected chi connectivity index (χ4v) is 4.20. The van der Waals surface area contributed by atoms with E-state index in [1.165, 1.54) is 0 Å². The zero-order chi connectivity index (χ0) is 23.0. The van der Waals surface area contributed by atoms with Crippen LogP contribution in [0.2, 0.25) is 0 Å². The Morgan fingerprint density at radius 2 is 1.88 bits per heavy atom. The first-order valence-corrected chi connectivity index (χ1v) is 11.6. The average molecular weight is 456 g/mol. The maximum Gasteiger partial charge on any atom is 0.319 e. The van der Waals surface area contributed by atoms with Crippen LogP contribution in [0.3, 0.4) is 0 Å². The Morgan fingerprint density at radius 1 is 1.09 bits per heavy atom. The van der Waals surface area contributed by atoms with Crippen molar-refractivity contribution in [3.05, 3.63) is 65.2 Å². The van der Waals surface area contributed by atoms with Gasteiger partial charge in [0.25, 0.3) is 0 Å². The van der Waals surface area contributed by atoms with Crippen LogP contribution in [-0.2, 0) is 20.8 Å². The summed E-state index contributed by atoms with van der Waals surface area (Å²) in [5, 5.41) is 15.0. The summed E-state index contributed by atoms with van der Waals surface area (Å²) in [6.07, 6.45) is 0.0404. The summed E-state index contributed by atoms with van der Waals surface area (Å²) in [5.74, 6) is 0. The van der Waals surface area contributed by atoms with E-state index in [9.17, 15) is 9.90 Å². The topological polar surface area (TPSA) is 92.3 Å². The van der Waals surface area contributed by atoms with Gasteiger partial charge >= 0.3 is 6.03 Å². The van der Waals surface area contributed by atoms with Gasteiger partial charge < -0.3 is 30.0 Å². The normalized spacial score (nSPS) is 23.8. The molecule has 2 amide bonds. The fraction of sp³-hybridized carbons (Fsp3) is 0.480. The standard InChI is InChI=1S/C25H33N3O5/c1-2-26-25(30)27-21-5-3-4-20(14-21)24-32-22(16-28-10-12-31-13-11-28)15-23(33-24)19-8-6-18(17-29)7-9-19/h3-9,14,22-24,29H,2,10-13,15-17H2,1H3,(H2,26,27,30). The maximum atomic E-state index is 11.9. The van der Waals surface area contributed by atoms with Gasteiger partial charge in [0.2, 0.25) is 0 Å². The first-order chi connectivity index (χ1) is 16.1. The lowest BCUT2D eigenvalue weighted by molar-refractivity contribution is -0.253. The summed E-state index contributed by atoms with van der Waals surface area (Å²) in [6.45, 7) is 6.54. The van der Waals surface area contributed by atoms with Crippen LogP contribution in [-0.4, -0.2) is 61.5 Å². The van der Waals surface area contributed by atoms with Crippen LogP contribution in [0.25, 0.3) is 0 Å². The maximum absolute atomic E-state index is 11.9. The van der Waals surface area contributed by atoms with Crippen molar-refractivity contribution in [1.29, 1.82) is 0 Å². The number of nitrogens with one attached hydrogen (secondary N) is 2. The van der Waals surface area contributed by atoms with E-state index in [1.807, 2.05) is 55.5 Å². The zero-order valence-corrected chi connectivity index (χ0v) is 19.0. The number of amides is 2. The van der Waals surface area contributed by atoms with E-state index in [-0.39, 0.29) is 24.8 Å². The van der Waals surface area contributed by atoms with E-state index in [0.717, 1.165) is 56.0 Å². The number of aliphatic hydroxyl groups is 1. The number of ether oxygens (including phenoxy) is 3. The molecule has 0 aliphatic carbocycles. The highest BCUT2D eigenvalue weighted by Crippen LogP contribution is 2.38. The summed E-state index contributed by atoms with van der Waals surface area (Å²) in [7, 11) is 0. The second-order valence-corrected chi connectivity index (χ2v) is 8.37. The van der Waals surface area contributed by atoms with E-state index in [0.29, 0.717) is 12.2 Å². The van der Waals surface area contributed by atoms with Crippen LogP contribution in [0.4, 0.5) is 10.5 Å². The Morgan fingerprint density at radius 3 is 2.61 bits per heavy atom. The summed E-state index contributed by atoms with van der Waals surface area (Å²) in [6, 6.07) is 15.2. The molecule has 2 heterocycles. The number of carbonyl (C=O) groups excluding carboxylic acids is 1. The van der Waals surface area contributed by atoms with Crippen LogP contribution in [0, 0.1) is 0 Å². The SMILES string of the molecule is CCNC(=O)Nc1cccc(C2OC(CN3CCOCC3)CC(c3ccc(CO)cc3)O2)c1. The average Bonchev–Trinajstić information content (AvgIpc) is 2.85. The van der Waals surface area contributed by atoms with Crippen molar-refractivity contribution >= 4 is 11.7 Å². The number of hydrogen-bond donors (Lipinski definition) is 3. The van der Waals surface area contributed by atoms with Gasteiger partial charge in [-0.15, -0.1) is 0 Å². The molecule has 8 heteroatoms. The van der Waals surface area contributed by atoms with Crippen LogP contribution in [0.1, 0.15) is 42.4 Å². The van der Waals surface area contributed by atoms with Crippen LogP contribution >= 0.6 is 0 Å². The van der Waals surface area contributed by atoms with E-state index < -0.39 is 6.29 Å². The molecule has 4 rings (SSSR count). The van der Waals surface area contributed by atoms with Gasteiger partial charge in [-0.05, 0) is 30.2 Å². The Kier molecular flexibility index (Phi) is 8.30. The smallest absolute Gasteiger partial charge is 0.319 e. The largest absolute Gasteiger partial charge is 0.392 e. The Hall–Kier alpha value is -2.49. The number of hydrogen-bond acceptors (Lipinski definition) is 6. The lowest BCUT2D eigenvalue weighted by atomic mass is 9.99. The molecular formula is C25H33N3O5. The highest BCUT2D eigenvalue weighted by Gasteiger charge is 2.33. The third-order valence-electron chi connectivity index (χ3n) is 5.93. The molecule has 0 saturated carbocycles. The monoisotopic (exact) mass is 455 g/mol. The molecule has 2 fully saturated rings. The quantitative estimate of drug-likeness (QED) is 0.594. The molecule has 0 radical (unpaired) electrons. The molecule has 0 aromatic heterocycles. The van der Waals surface area contributed by atoms with Gasteiger partial charge in [0.1, 0.15) is 0 Å². The summed E-state index contributed by atoms with van der Waals surface area (Å²) < 4.78 is 18.3. The molecule has 2 aromatic carbocycles. The van der Waals surface area contributed by atoms with E-state index in [4.69, 9.17) is 14.2 Å². The first-order valence-electron chi connectivity index (χ1n) is 11.6. The zero-order valence-electron chi connectivity index (χ0n) is 19.0. The minimum absolute atomic E-state index is 0.00984. The summed E-state index contributed by atoms with van der Waals surface area (Å²) in [4.78, 5) is 14.3. The van der Waals surface area contributed by atoms with Gasteiger partial charge in [-0.3, -0.25) is 4.90 Å². The van der Waals surface area contributed by atoms with Crippen molar-refractivity contribution in [3.8, 4) is 0 Å². The predicted molar refractivity (Wildman–Crippen MR) is 125 cm³/mol. The number of carbonyl (C=O) groups is 1. The molecule has 2 saturated heterocycles. The van der Waals surface area contributed by atoms with Gasteiger partial charge in [0, 0.05) is 43.9 Å². The summed E-state index contributed by atoms with van der Waals surface area (Å²) in [5.41, 5.74) is 3.47. The lowest BCUT2D eigenvalue weighted by Gasteiger charge is -2.39. The van der Waals surface area contributed by atoms with E-state index >= 15 is 0 Å². The van der Waals surface area contributed by atoms with Gasteiger partial charge in [-0.25, -0.2) is 4.79 Å². The molecule has 0 spiro atoms. The number of aliphatic hydroxyl groups excluding tert-OH is 1. The highest BCUT2D eigenvalue weighted by molar-refractivity contribution is 5.89. The van der Waals surface area contributed by atoms with Crippen LogP contribution in [0.5, 0.6) is 0 Å². The van der Waals surface area contributed by atoms with Gasteiger partial charge in [0.05, 0.1) is 32.0 Å². The molecular weight excluding hydrogens is 422 g/mol. The number of morpholine rings is 1. The number of benzene rings is 2. The molecule has 2 aliphatic rings. The summed E-state index contributed by atoms with van der Waals surface area (Å²) >= 11 is 0. The minimum atomic E-state index is -0.553. The second-order valence-electron chi connectivity index (χ2n) is 8.37.